The maximum Gasteiger partial charge on any atom is 0.352 e. The summed E-state index contributed by atoms with van der Waals surface area (Å²) in [5.41, 5.74) is 0.279. The number of carboxylic acid groups (broad SMARTS) is 1. The van der Waals surface area contributed by atoms with Gasteiger partial charge in [-0.3, -0.25) is 4.79 Å². The first-order valence-electron chi connectivity index (χ1n) is 6.33. The molecular weight excluding hydrogens is 290 g/mol. The minimum absolute atomic E-state index is 0.0258. The first-order valence-corrected chi connectivity index (χ1v) is 6.33. The Bertz CT molecular complexity index is 747. The fourth-order valence-corrected chi connectivity index (χ4v) is 1.91. The second-order valence-corrected chi connectivity index (χ2v) is 4.41. The monoisotopic (exact) mass is 301 g/mol. The highest BCUT2D eigenvalue weighted by Crippen LogP contribution is 2.33. The SMILES string of the molecule is O=C(O)/C(=C\c1ccc2c(c1)OCO2)NC(=O)c1ccco1. The predicted molar refractivity (Wildman–Crippen MR) is 74.4 cm³/mol. The number of carboxylic acids is 1. The van der Waals surface area contributed by atoms with Crippen LogP contribution in [-0.2, 0) is 4.79 Å². The van der Waals surface area contributed by atoms with Crippen LogP contribution < -0.4 is 14.8 Å². The second kappa shape index (κ2) is 5.65. The number of furan rings is 1. The zero-order valence-corrected chi connectivity index (χ0v) is 11.2. The van der Waals surface area contributed by atoms with Crippen molar-refractivity contribution < 1.29 is 28.6 Å². The quantitative estimate of drug-likeness (QED) is 0.836. The topological polar surface area (TPSA) is 98.0 Å². The van der Waals surface area contributed by atoms with Crippen LogP contribution in [0.15, 0.2) is 46.7 Å². The molecule has 0 saturated heterocycles. The Morgan fingerprint density at radius 3 is 2.73 bits per heavy atom. The van der Waals surface area contributed by atoms with Gasteiger partial charge in [0.1, 0.15) is 5.70 Å². The third-order valence-corrected chi connectivity index (χ3v) is 2.93. The summed E-state index contributed by atoms with van der Waals surface area (Å²) >= 11 is 0. The molecule has 7 nitrogen and oxygen atoms in total. The number of amides is 1. The number of ether oxygens (including phenoxy) is 2. The van der Waals surface area contributed by atoms with Gasteiger partial charge in [0.15, 0.2) is 17.3 Å². The van der Waals surface area contributed by atoms with Gasteiger partial charge in [0.05, 0.1) is 6.26 Å². The van der Waals surface area contributed by atoms with Crippen molar-refractivity contribution in [2.24, 2.45) is 0 Å². The van der Waals surface area contributed by atoms with Gasteiger partial charge in [-0.1, -0.05) is 6.07 Å². The van der Waals surface area contributed by atoms with Crippen LogP contribution in [0.25, 0.3) is 6.08 Å². The number of rotatable bonds is 4. The largest absolute Gasteiger partial charge is 0.477 e. The molecule has 2 aromatic rings. The molecule has 0 fully saturated rings. The van der Waals surface area contributed by atoms with Crippen molar-refractivity contribution in [2.75, 3.05) is 6.79 Å². The first kappa shape index (κ1) is 13.7. The summed E-state index contributed by atoms with van der Waals surface area (Å²) in [7, 11) is 0. The Kier molecular flexibility index (Phi) is 3.53. The standard InChI is InChI=1S/C15H11NO6/c17-14(12-2-1-5-20-12)16-10(15(18)19)6-9-3-4-11-13(7-9)22-8-21-11/h1-7H,8H2,(H,16,17)(H,18,19)/b10-6+. The van der Waals surface area contributed by atoms with E-state index in [1.54, 1.807) is 18.2 Å². The van der Waals surface area contributed by atoms with Gasteiger partial charge in [-0.25, -0.2) is 4.79 Å². The van der Waals surface area contributed by atoms with E-state index in [1.165, 1.54) is 24.5 Å². The van der Waals surface area contributed by atoms with E-state index in [0.717, 1.165) is 0 Å². The molecule has 0 saturated carbocycles. The van der Waals surface area contributed by atoms with Crippen molar-refractivity contribution in [3.8, 4) is 11.5 Å². The molecule has 22 heavy (non-hydrogen) atoms. The maximum atomic E-state index is 11.8. The third kappa shape index (κ3) is 2.78. The van der Waals surface area contributed by atoms with Crippen molar-refractivity contribution in [3.63, 3.8) is 0 Å². The third-order valence-electron chi connectivity index (χ3n) is 2.93. The van der Waals surface area contributed by atoms with E-state index in [1.807, 2.05) is 0 Å². The molecule has 112 valence electrons. The van der Waals surface area contributed by atoms with Crippen molar-refractivity contribution in [3.05, 3.63) is 53.6 Å². The Morgan fingerprint density at radius 1 is 1.18 bits per heavy atom. The smallest absolute Gasteiger partial charge is 0.352 e. The van der Waals surface area contributed by atoms with E-state index in [0.29, 0.717) is 17.1 Å². The lowest BCUT2D eigenvalue weighted by Crippen LogP contribution is -2.26. The Labute approximate surface area is 124 Å². The van der Waals surface area contributed by atoms with Gasteiger partial charge >= 0.3 is 5.97 Å². The highest BCUT2D eigenvalue weighted by atomic mass is 16.7. The van der Waals surface area contributed by atoms with E-state index >= 15 is 0 Å². The Hall–Kier alpha value is -3.22. The average Bonchev–Trinajstić information content (AvgIpc) is 3.17. The maximum absolute atomic E-state index is 11.8. The van der Waals surface area contributed by atoms with Gasteiger partial charge in [0.2, 0.25) is 6.79 Å². The van der Waals surface area contributed by atoms with E-state index in [-0.39, 0.29) is 18.3 Å². The summed E-state index contributed by atoms with van der Waals surface area (Å²) in [5.74, 6) is -0.765. The number of hydrogen-bond donors (Lipinski definition) is 2. The number of fused-ring (bicyclic) bond motifs is 1. The minimum Gasteiger partial charge on any atom is -0.477 e. The van der Waals surface area contributed by atoms with Gasteiger partial charge in [0, 0.05) is 0 Å². The normalized spacial score (nSPS) is 13.0. The van der Waals surface area contributed by atoms with Crippen LogP contribution in [0.1, 0.15) is 16.1 Å². The number of hydrogen-bond acceptors (Lipinski definition) is 5. The highest BCUT2D eigenvalue weighted by Gasteiger charge is 2.17. The summed E-state index contributed by atoms with van der Waals surface area (Å²) in [6, 6.07) is 7.94. The predicted octanol–water partition coefficient (Wildman–Crippen LogP) is 1.86. The minimum atomic E-state index is -1.27. The van der Waals surface area contributed by atoms with E-state index < -0.39 is 11.9 Å². The molecule has 2 heterocycles. The molecule has 1 aromatic carbocycles. The van der Waals surface area contributed by atoms with Gasteiger partial charge in [-0.15, -0.1) is 0 Å². The molecule has 1 aliphatic rings. The molecule has 1 amide bonds. The molecule has 7 heteroatoms. The van der Waals surface area contributed by atoms with Gasteiger partial charge in [0.25, 0.3) is 5.91 Å². The fraction of sp³-hybridized carbons (Fsp3) is 0.0667. The van der Waals surface area contributed by atoms with Crippen molar-refractivity contribution in [1.82, 2.24) is 5.32 Å². The molecule has 3 rings (SSSR count). The van der Waals surface area contributed by atoms with Crippen LogP contribution in [0.4, 0.5) is 0 Å². The summed E-state index contributed by atoms with van der Waals surface area (Å²) in [4.78, 5) is 23.1. The molecule has 0 aliphatic carbocycles. The number of aliphatic carboxylic acids is 1. The fourth-order valence-electron chi connectivity index (χ4n) is 1.91. The molecule has 0 spiro atoms. The van der Waals surface area contributed by atoms with Crippen LogP contribution in [0, 0.1) is 0 Å². The van der Waals surface area contributed by atoms with Crippen LogP contribution in [0.2, 0.25) is 0 Å². The van der Waals surface area contributed by atoms with Crippen LogP contribution in [0.5, 0.6) is 11.5 Å². The average molecular weight is 301 g/mol. The molecule has 0 unspecified atom stereocenters. The zero-order valence-electron chi connectivity index (χ0n) is 11.2. The highest BCUT2D eigenvalue weighted by molar-refractivity contribution is 6.01. The van der Waals surface area contributed by atoms with Crippen LogP contribution in [-0.4, -0.2) is 23.8 Å². The molecule has 2 N–H and O–H groups in total. The molecular formula is C15H11NO6. The Morgan fingerprint density at radius 2 is 2.00 bits per heavy atom. The zero-order chi connectivity index (χ0) is 15.5. The Balaban J connectivity index is 1.84. The summed E-state index contributed by atoms with van der Waals surface area (Å²) in [6.45, 7) is 0.128. The molecule has 0 radical (unpaired) electrons. The van der Waals surface area contributed by atoms with Crippen molar-refractivity contribution in [2.45, 2.75) is 0 Å². The van der Waals surface area contributed by atoms with Crippen LogP contribution in [0.3, 0.4) is 0 Å². The number of carbonyl (C=O) groups excluding carboxylic acids is 1. The lowest BCUT2D eigenvalue weighted by molar-refractivity contribution is -0.132. The number of benzene rings is 1. The van der Waals surface area contributed by atoms with Crippen molar-refractivity contribution in [1.29, 1.82) is 0 Å². The lowest BCUT2D eigenvalue weighted by Gasteiger charge is -2.05. The van der Waals surface area contributed by atoms with Crippen molar-refractivity contribution >= 4 is 18.0 Å². The molecule has 0 bridgehead atoms. The number of carbonyl (C=O) groups is 2. The van der Waals surface area contributed by atoms with E-state index in [2.05, 4.69) is 5.32 Å². The summed E-state index contributed by atoms with van der Waals surface area (Å²) in [5, 5.41) is 11.5. The van der Waals surface area contributed by atoms with Gasteiger partial charge in [-0.05, 0) is 35.9 Å². The van der Waals surface area contributed by atoms with E-state index in [4.69, 9.17) is 13.9 Å². The first-order chi connectivity index (χ1) is 10.6. The molecule has 0 atom stereocenters. The molecule has 1 aromatic heterocycles. The number of nitrogens with one attached hydrogen (secondary N) is 1. The second-order valence-electron chi connectivity index (χ2n) is 4.41. The summed E-state index contributed by atoms with van der Waals surface area (Å²) in [6.07, 6.45) is 2.65. The molecule has 1 aliphatic heterocycles. The van der Waals surface area contributed by atoms with Crippen LogP contribution >= 0.6 is 0 Å². The van der Waals surface area contributed by atoms with E-state index in [9.17, 15) is 14.7 Å². The van der Waals surface area contributed by atoms with Gasteiger partial charge in [-0.2, -0.15) is 0 Å². The summed E-state index contributed by atoms with van der Waals surface area (Å²) < 4.78 is 15.3. The lowest BCUT2D eigenvalue weighted by atomic mass is 10.1. The van der Waals surface area contributed by atoms with Gasteiger partial charge < -0.3 is 24.3 Å².